The van der Waals surface area contributed by atoms with Gasteiger partial charge >= 0.3 is 12.1 Å². The summed E-state index contributed by atoms with van der Waals surface area (Å²) in [6, 6.07) is 27.4. The number of amides is 1. The summed E-state index contributed by atoms with van der Waals surface area (Å²) in [6.07, 6.45) is 2.35. The van der Waals surface area contributed by atoms with Crippen LogP contribution < -0.4 is 19.9 Å². The van der Waals surface area contributed by atoms with Gasteiger partial charge in [-0.05, 0) is 56.2 Å². The maximum Gasteiger partial charge on any atom is 0.407 e. The summed E-state index contributed by atoms with van der Waals surface area (Å²) in [5.74, 6) is 0.785. The minimum absolute atomic E-state index is 0.0697. The lowest BCUT2D eigenvalue weighted by molar-refractivity contribution is 0.0668. The molecule has 0 radical (unpaired) electrons. The number of hydrogen-bond acceptors (Lipinski definition) is 8. The van der Waals surface area contributed by atoms with Crippen molar-refractivity contribution >= 4 is 28.4 Å². The molecule has 10 nitrogen and oxygen atoms in total. The van der Waals surface area contributed by atoms with Crippen molar-refractivity contribution in [3.8, 4) is 12.1 Å². The molecule has 2 atom stereocenters. The van der Waals surface area contributed by atoms with Gasteiger partial charge in [0.2, 0.25) is 0 Å². The van der Waals surface area contributed by atoms with Gasteiger partial charge in [-0.15, -0.1) is 0 Å². The molecule has 10 heteroatoms. The Labute approximate surface area is 275 Å². The third-order valence-corrected chi connectivity index (χ3v) is 10.1. The molecule has 0 spiro atoms. The van der Waals surface area contributed by atoms with Gasteiger partial charge in [-0.1, -0.05) is 66.7 Å². The van der Waals surface area contributed by atoms with Crippen molar-refractivity contribution in [1.29, 1.82) is 5.26 Å². The Kier molecular flexibility index (Phi) is 8.33. The third kappa shape index (κ3) is 6.15. The number of nitrogens with one attached hydrogen (secondary N) is 1. The number of nitrogens with zero attached hydrogens (tertiary/aromatic N) is 6. The predicted molar refractivity (Wildman–Crippen MR) is 182 cm³/mol. The Hall–Kier alpha value is -4.88. The van der Waals surface area contributed by atoms with Crippen LogP contribution in [0.1, 0.15) is 43.0 Å². The molecular formula is C37H41N7O3. The molecule has 242 valence electrons. The SMILES string of the molecule is CC1(COc2nc3c(c(N4CCN(C(=O)O)C(CC#N)(Cc5ccccc5)C4)n2)CCN(c2cccc4ccccc24)C3)CCCN1. The van der Waals surface area contributed by atoms with E-state index >= 15 is 0 Å². The average Bonchev–Trinajstić information content (AvgIpc) is 3.53. The Balaban J connectivity index is 1.26. The molecule has 1 amide bonds. The lowest BCUT2D eigenvalue weighted by Crippen LogP contribution is -2.65. The van der Waals surface area contributed by atoms with Gasteiger partial charge in [0.05, 0.1) is 30.3 Å². The molecule has 0 saturated carbocycles. The smallest absolute Gasteiger partial charge is 0.407 e. The van der Waals surface area contributed by atoms with Crippen LogP contribution in [0, 0.1) is 11.3 Å². The number of ether oxygens (including phenoxy) is 1. The van der Waals surface area contributed by atoms with E-state index in [4.69, 9.17) is 14.7 Å². The standard InChI is InChI=1S/C37H41N7O3/c1-36(16-8-19-39-36)26-47-34-40-31-24-42(32-14-7-12-28-11-5-6-13-29(28)32)20-15-30(31)33(41-34)43-21-22-44(35(45)46)37(25-43,17-18-38)23-27-9-3-2-4-10-27/h2-7,9-14,39H,8,15-17,19-26H2,1H3,(H,45,46). The maximum atomic E-state index is 12.6. The van der Waals surface area contributed by atoms with Crippen LogP contribution in [-0.4, -0.2) is 76.5 Å². The first-order valence-electron chi connectivity index (χ1n) is 16.5. The number of nitriles is 1. The summed E-state index contributed by atoms with van der Waals surface area (Å²) in [5, 5.41) is 26.3. The van der Waals surface area contributed by atoms with Crippen molar-refractivity contribution in [1.82, 2.24) is 20.2 Å². The molecule has 3 aliphatic heterocycles. The van der Waals surface area contributed by atoms with E-state index in [1.165, 1.54) is 21.4 Å². The number of rotatable bonds is 8. The van der Waals surface area contributed by atoms with Gasteiger partial charge in [0.15, 0.2) is 0 Å². The van der Waals surface area contributed by atoms with E-state index in [0.717, 1.165) is 55.0 Å². The Morgan fingerprint density at radius 1 is 1.02 bits per heavy atom. The summed E-state index contributed by atoms with van der Waals surface area (Å²) in [7, 11) is 0. The van der Waals surface area contributed by atoms with Crippen molar-refractivity contribution in [3.63, 3.8) is 0 Å². The van der Waals surface area contributed by atoms with Gasteiger partial charge in [0.25, 0.3) is 0 Å². The molecule has 4 heterocycles. The molecular weight excluding hydrogens is 590 g/mol. The van der Waals surface area contributed by atoms with Crippen LogP contribution in [0.2, 0.25) is 0 Å². The number of carbonyl (C=O) groups is 1. The third-order valence-electron chi connectivity index (χ3n) is 10.1. The fourth-order valence-electron chi connectivity index (χ4n) is 7.65. The van der Waals surface area contributed by atoms with Crippen LogP contribution in [0.3, 0.4) is 0 Å². The number of piperazine rings is 1. The highest BCUT2D eigenvalue weighted by atomic mass is 16.5. The van der Waals surface area contributed by atoms with Crippen molar-refractivity contribution < 1.29 is 14.6 Å². The van der Waals surface area contributed by atoms with Crippen molar-refractivity contribution in [2.45, 2.75) is 56.7 Å². The van der Waals surface area contributed by atoms with Gasteiger partial charge in [0, 0.05) is 48.4 Å². The quantitative estimate of drug-likeness (QED) is 0.263. The van der Waals surface area contributed by atoms with Crippen LogP contribution in [-0.2, 0) is 19.4 Å². The summed E-state index contributed by atoms with van der Waals surface area (Å²) in [5.41, 5.74) is 3.07. The minimum atomic E-state index is -1.01. The van der Waals surface area contributed by atoms with E-state index < -0.39 is 11.6 Å². The van der Waals surface area contributed by atoms with Gasteiger partial charge in [-0.2, -0.15) is 15.2 Å². The van der Waals surface area contributed by atoms with E-state index in [0.29, 0.717) is 38.7 Å². The lowest BCUT2D eigenvalue weighted by Gasteiger charge is -2.49. The van der Waals surface area contributed by atoms with Crippen LogP contribution in [0.4, 0.5) is 16.3 Å². The van der Waals surface area contributed by atoms with E-state index in [2.05, 4.69) is 70.6 Å². The van der Waals surface area contributed by atoms with E-state index in [-0.39, 0.29) is 18.5 Å². The Bertz CT molecular complexity index is 1800. The molecule has 7 rings (SSSR count). The molecule has 0 aliphatic carbocycles. The minimum Gasteiger partial charge on any atom is -0.465 e. The zero-order valence-corrected chi connectivity index (χ0v) is 26.9. The van der Waals surface area contributed by atoms with E-state index in [1.807, 2.05) is 30.3 Å². The lowest BCUT2D eigenvalue weighted by atomic mass is 9.83. The second-order valence-electron chi connectivity index (χ2n) is 13.4. The van der Waals surface area contributed by atoms with Crippen molar-refractivity contribution in [3.05, 3.63) is 89.6 Å². The fraction of sp³-hybridized carbons (Fsp3) is 0.405. The van der Waals surface area contributed by atoms with Gasteiger partial charge in [-0.25, -0.2) is 4.79 Å². The molecule has 1 aromatic heterocycles. The number of hydrogen-bond donors (Lipinski definition) is 2. The number of anilines is 2. The molecule has 2 N–H and O–H groups in total. The molecule has 2 unspecified atom stereocenters. The molecule has 3 aromatic carbocycles. The van der Waals surface area contributed by atoms with Gasteiger partial charge < -0.3 is 25.0 Å². The zero-order valence-electron chi connectivity index (χ0n) is 26.9. The number of aromatic nitrogens is 2. The van der Waals surface area contributed by atoms with Crippen molar-refractivity contribution in [2.75, 3.05) is 49.1 Å². The first-order valence-corrected chi connectivity index (χ1v) is 16.5. The Morgan fingerprint density at radius 2 is 1.83 bits per heavy atom. The van der Waals surface area contributed by atoms with Crippen LogP contribution >= 0.6 is 0 Å². The number of carboxylic acid groups (broad SMARTS) is 1. The van der Waals surface area contributed by atoms with Gasteiger partial charge in [0.1, 0.15) is 12.4 Å². The van der Waals surface area contributed by atoms with Crippen LogP contribution in [0.25, 0.3) is 10.8 Å². The summed E-state index contributed by atoms with van der Waals surface area (Å²) in [4.78, 5) is 28.7. The van der Waals surface area contributed by atoms with Crippen molar-refractivity contribution in [2.24, 2.45) is 0 Å². The topological polar surface area (TPSA) is 118 Å². The second-order valence-corrected chi connectivity index (χ2v) is 13.4. The number of benzene rings is 3. The Morgan fingerprint density at radius 3 is 2.62 bits per heavy atom. The highest BCUT2D eigenvalue weighted by Gasteiger charge is 2.46. The molecule has 2 fully saturated rings. The molecule has 2 saturated heterocycles. The van der Waals surface area contributed by atoms with E-state index in [9.17, 15) is 15.2 Å². The largest absolute Gasteiger partial charge is 0.465 e. The average molecular weight is 632 g/mol. The molecule has 0 bridgehead atoms. The second kappa shape index (κ2) is 12.7. The summed E-state index contributed by atoms with van der Waals surface area (Å²) in [6.45, 7) is 6.06. The normalized spacial score (nSPS) is 22.6. The molecule has 47 heavy (non-hydrogen) atoms. The highest BCUT2D eigenvalue weighted by molar-refractivity contribution is 5.94. The highest BCUT2D eigenvalue weighted by Crippen LogP contribution is 2.37. The zero-order chi connectivity index (χ0) is 32.4. The van der Waals surface area contributed by atoms with E-state index in [1.54, 1.807) is 0 Å². The first-order chi connectivity index (χ1) is 22.9. The fourth-order valence-corrected chi connectivity index (χ4v) is 7.65. The predicted octanol–water partition coefficient (Wildman–Crippen LogP) is 5.41. The van der Waals surface area contributed by atoms with Crippen LogP contribution in [0.5, 0.6) is 6.01 Å². The first kappa shape index (κ1) is 30.8. The van der Waals surface area contributed by atoms with Gasteiger partial charge in [-0.3, -0.25) is 4.90 Å². The molecule has 3 aliphatic rings. The molecule has 4 aromatic rings. The summed E-state index contributed by atoms with van der Waals surface area (Å²) < 4.78 is 6.37. The number of fused-ring (bicyclic) bond motifs is 2. The van der Waals surface area contributed by atoms with Crippen LogP contribution in [0.15, 0.2) is 72.8 Å². The monoisotopic (exact) mass is 631 g/mol. The summed E-state index contributed by atoms with van der Waals surface area (Å²) >= 11 is 0. The maximum absolute atomic E-state index is 12.6.